The smallest absolute Gasteiger partial charge is 0.406 e. The van der Waals surface area contributed by atoms with Crippen molar-refractivity contribution in [1.29, 1.82) is 0 Å². The highest BCUT2D eigenvalue weighted by molar-refractivity contribution is 8.14. The number of halogens is 3. The molecule has 1 aliphatic heterocycles. The van der Waals surface area contributed by atoms with Crippen LogP contribution in [0.5, 0.6) is 5.75 Å². The van der Waals surface area contributed by atoms with E-state index >= 15 is 0 Å². The van der Waals surface area contributed by atoms with Crippen LogP contribution < -0.4 is 15.0 Å². The Hall–Kier alpha value is -4.32. The fourth-order valence-corrected chi connectivity index (χ4v) is 6.35. The summed E-state index contributed by atoms with van der Waals surface area (Å²) in [5.74, 6) is 1.03. The van der Waals surface area contributed by atoms with E-state index < -0.39 is 12.4 Å². The lowest BCUT2D eigenvalue weighted by atomic mass is 10.0. The van der Waals surface area contributed by atoms with Gasteiger partial charge in [-0.25, -0.2) is 14.5 Å². The molecule has 8 nitrogen and oxygen atoms in total. The first-order valence-corrected chi connectivity index (χ1v) is 15.8. The number of nitrogens with one attached hydrogen (secondary N) is 1. The molecule has 1 aromatic heterocycles. The van der Waals surface area contributed by atoms with Crippen molar-refractivity contribution in [1.82, 2.24) is 20.1 Å². The van der Waals surface area contributed by atoms with E-state index in [2.05, 4.69) is 69.0 Å². The van der Waals surface area contributed by atoms with E-state index in [4.69, 9.17) is 0 Å². The van der Waals surface area contributed by atoms with E-state index in [9.17, 15) is 18.0 Å². The van der Waals surface area contributed by atoms with Crippen molar-refractivity contribution in [3.05, 3.63) is 89.7 Å². The van der Waals surface area contributed by atoms with Crippen molar-refractivity contribution >= 4 is 28.6 Å². The van der Waals surface area contributed by atoms with E-state index in [0.29, 0.717) is 16.7 Å². The molecule has 0 spiro atoms. The summed E-state index contributed by atoms with van der Waals surface area (Å²) < 4.78 is 42.7. The van der Waals surface area contributed by atoms with Crippen LogP contribution in [-0.2, 0) is 6.42 Å². The zero-order chi connectivity index (χ0) is 32.1. The fourth-order valence-electron chi connectivity index (χ4n) is 5.14. The summed E-state index contributed by atoms with van der Waals surface area (Å²) in [5.41, 5.74) is 5.71. The second kappa shape index (κ2) is 13.8. The van der Waals surface area contributed by atoms with E-state index in [1.807, 2.05) is 31.2 Å². The number of amides is 2. The molecule has 1 aliphatic rings. The van der Waals surface area contributed by atoms with Crippen molar-refractivity contribution < 1.29 is 22.7 Å². The van der Waals surface area contributed by atoms with Crippen LogP contribution in [0.2, 0.25) is 0 Å². The first kappa shape index (κ1) is 32.1. The van der Waals surface area contributed by atoms with Crippen LogP contribution in [0, 0.1) is 6.92 Å². The number of aromatic nitrogens is 3. The van der Waals surface area contributed by atoms with Crippen LogP contribution in [0.25, 0.3) is 17.1 Å². The SMILES string of the molecule is CCCc1ccc(C)cc1N1/C(=N/C(=O)NC(C)c2ccc(-c3ncn(-c4ccc(OC(F)(F)F)cc4)n3)cc2)SCCC1C. The number of aliphatic imine (C=N–C) groups is 1. The third kappa shape index (κ3) is 8.05. The molecule has 0 saturated carbocycles. The van der Waals surface area contributed by atoms with E-state index in [0.717, 1.165) is 41.8 Å². The number of alkyl halides is 3. The highest BCUT2D eigenvalue weighted by Gasteiger charge is 2.31. The highest BCUT2D eigenvalue weighted by atomic mass is 32.2. The minimum Gasteiger partial charge on any atom is -0.406 e. The van der Waals surface area contributed by atoms with Gasteiger partial charge in [-0.1, -0.05) is 61.5 Å². The number of amidine groups is 1. The number of aryl methyl sites for hydroxylation is 2. The summed E-state index contributed by atoms with van der Waals surface area (Å²) in [6, 6.07) is 18.9. The van der Waals surface area contributed by atoms with Gasteiger partial charge >= 0.3 is 12.4 Å². The lowest BCUT2D eigenvalue weighted by molar-refractivity contribution is -0.274. The normalized spacial score (nSPS) is 16.9. The molecule has 2 amide bonds. The van der Waals surface area contributed by atoms with Gasteiger partial charge in [0.25, 0.3) is 0 Å². The number of hydrogen-bond acceptors (Lipinski definition) is 5. The summed E-state index contributed by atoms with van der Waals surface area (Å²) in [6.45, 7) is 8.33. The van der Waals surface area contributed by atoms with Crippen molar-refractivity contribution in [3.63, 3.8) is 0 Å². The van der Waals surface area contributed by atoms with Crippen molar-refractivity contribution in [3.8, 4) is 22.8 Å². The maximum atomic E-state index is 13.1. The van der Waals surface area contributed by atoms with Gasteiger partial charge in [-0.15, -0.1) is 18.3 Å². The van der Waals surface area contributed by atoms with Crippen molar-refractivity contribution in [2.45, 2.75) is 65.4 Å². The highest BCUT2D eigenvalue weighted by Crippen LogP contribution is 2.33. The molecule has 2 atom stereocenters. The third-order valence-corrected chi connectivity index (χ3v) is 8.45. The van der Waals surface area contributed by atoms with Gasteiger partial charge in [-0.3, -0.25) is 0 Å². The molecule has 3 aromatic carbocycles. The van der Waals surface area contributed by atoms with Crippen LogP contribution in [0.15, 0.2) is 78.0 Å². The summed E-state index contributed by atoms with van der Waals surface area (Å²) in [6.07, 6.45) is -0.273. The number of nitrogens with zero attached hydrogens (tertiary/aromatic N) is 5. The monoisotopic (exact) mass is 636 g/mol. The number of rotatable bonds is 8. The van der Waals surface area contributed by atoms with Crippen LogP contribution in [-0.4, -0.2) is 44.1 Å². The minimum absolute atomic E-state index is 0.222. The fraction of sp³-hybridized carbons (Fsp3) is 0.333. The summed E-state index contributed by atoms with van der Waals surface area (Å²) in [4.78, 5) is 24.2. The zero-order valence-electron chi connectivity index (χ0n) is 25.5. The van der Waals surface area contributed by atoms with E-state index in [1.165, 1.54) is 46.4 Å². The van der Waals surface area contributed by atoms with Gasteiger partial charge in [0.05, 0.1) is 11.7 Å². The molecular weight excluding hydrogens is 601 g/mol. The Morgan fingerprint density at radius 1 is 1.13 bits per heavy atom. The van der Waals surface area contributed by atoms with Crippen LogP contribution in [0.4, 0.5) is 23.7 Å². The molecule has 2 unspecified atom stereocenters. The van der Waals surface area contributed by atoms with Gasteiger partial charge in [0.1, 0.15) is 12.1 Å². The third-order valence-electron chi connectivity index (χ3n) is 7.47. The molecule has 4 aromatic rings. The van der Waals surface area contributed by atoms with Gasteiger partial charge in [0.2, 0.25) is 0 Å². The van der Waals surface area contributed by atoms with Gasteiger partial charge in [0, 0.05) is 23.0 Å². The summed E-state index contributed by atoms with van der Waals surface area (Å²) >= 11 is 1.60. The number of carbonyl (C=O) groups is 1. The average Bonchev–Trinajstić information content (AvgIpc) is 3.48. The summed E-state index contributed by atoms with van der Waals surface area (Å²) in [7, 11) is 0. The molecule has 12 heteroatoms. The molecule has 2 heterocycles. The molecule has 0 radical (unpaired) electrons. The quantitative estimate of drug-likeness (QED) is 0.210. The summed E-state index contributed by atoms with van der Waals surface area (Å²) in [5, 5.41) is 8.16. The Kier molecular flexibility index (Phi) is 9.81. The topological polar surface area (TPSA) is 84.6 Å². The molecule has 0 bridgehead atoms. The lowest BCUT2D eigenvalue weighted by Crippen LogP contribution is -2.42. The second-order valence-electron chi connectivity index (χ2n) is 11.0. The predicted octanol–water partition coefficient (Wildman–Crippen LogP) is 8.25. The Balaban J connectivity index is 1.26. The molecule has 45 heavy (non-hydrogen) atoms. The number of urea groups is 1. The molecular formula is C33H35F3N6O2S. The second-order valence-corrected chi connectivity index (χ2v) is 12.0. The van der Waals surface area contributed by atoms with Crippen molar-refractivity contribution in [2.75, 3.05) is 10.7 Å². The Morgan fingerprint density at radius 2 is 1.87 bits per heavy atom. The number of thioether (sulfide) groups is 1. The first-order valence-electron chi connectivity index (χ1n) is 14.8. The standard InChI is InChI=1S/C33H35F3N6O2S/c1-5-6-25-8-7-21(2)19-29(25)42-22(3)17-18-45-32(42)39-31(43)38-23(4)24-9-11-26(12-10-24)30-37-20-41(40-30)27-13-15-28(16-14-27)44-33(34,35)36/h7-16,19-20,22-23H,5-6,17-18H2,1-4H3,(H,38,43)/b39-32-. The molecule has 1 saturated heterocycles. The number of anilines is 1. The maximum Gasteiger partial charge on any atom is 0.573 e. The van der Waals surface area contributed by atoms with E-state index in [-0.39, 0.29) is 17.8 Å². The minimum atomic E-state index is -4.75. The predicted molar refractivity (Wildman–Crippen MR) is 172 cm³/mol. The van der Waals surface area contributed by atoms with Gasteiger partial charge in [0.15, 0.2) is 11.0 Å². The van der Waals surface area contributed by atoms with Crippen molar-refractivity contribution in [2.24, 2.45) is 4.99 Å². The maximum absolute atomic E-state index is 13.1. The van der Waals surface area contributed by atoms with Gasteiger partial charge in [-0.05, 0) is 80.6 Å². The number of hydrogen-bond donors (Lipinski definition) is 1. The lowest BCUT2D eigenvalue weighted by Gasteiger charge is -2.37. The zero-order valence-corrected chi connectivity index (χ0v) is 26.3. The van der Waals surface area contributed by atoms with Crippen LogP contribution in [0.1, 0.15) is 56.3 Å². The Labute approximate surface area is 264 Å². The molecule has 236 valence electrons. The van der Waals surface area contributed by atoms with Crippen LogP contribution >= 0.6 is 11.8 Å². The Bertz CT molecular complexity index is 1650. The number of ether oxygens (including phenoxy) is 1. The van der Waals surface area contributed by atoms with Crippen LogP contribution in [0.3, 0.4) is 0 Å². The van der Waals surface area contributed by atoms with Gasteiger partial charge < -0.3 is 15.0 Å². The first-order chi connectivity index (χ1) is 21.5. The average molecular weight is 637 g/mol. The number of carbonyl (C=O) groups excluding carboxylic acids is 1. The molecule has 1 N–H and O–H groups in total. The van der Waals surface area contributed by atoms with Gasteiger partial charge in [-0.2, -0.15) is 4.99 Å². The number of benzene rings is 3. The Morgan fingerprint density at radius 3 is 2.56 bits per heavy atom. The molecule has 5 rings (SSSR count). The molecule has 1 fully saturated rings. The largest absolute Gasteiger partial charge is 0.573 e. The van der Waals surface area contributed by atoms with E-state index in [1.54, 1.807) is 11.8 Å². The molecule has 0 aliphatic carbocycles.